The van der Waals surface area contributed by atoms with E-state index >= 15 is 0 Å². The smallest absolute Gasteiger partial charge is 0.186 e. The van der Waals surface area contributed by atoms with Gasteiger partial charge in [-0.15, -0.1) is 0 Å². The second-order valence-electron chi connectivity index (χ2n) is 4.90. The van der Waals surface area contributed by atoms with Crippen LogP contribution in [0.25, 0.3) is 17.7 Å². The van der Waals surface area contributed by atoms with Crippen LogP contribution in [0.2, 0.25) is 0 Å². The Morgan fingerprint density at radius 1 is 1.06 bits per heavy atom. The fraction of sp³-hybridized carbons (Fsp3) is 0.118. The van der Waals surface area contributed by atoms with Crippen LogP contribution in [-0.4, -0.2) is 5.78 Å². The van der Waals surface area contributed by atoms with E-state index in [2.05, 4.69) is 30.4 Å². The molecular weight excluding hydrogens is 220 g/mol. The summed E-state index contributed by atoms with van der Waals surface area (Å²) in [7, 11) is 0. The van der Waals surface area contributed by atoms with E-state index in [0.29, 0.717) is 0 Å². The predicted molar refractivity (Wildman–Crippen MR) is 73.2 cm³/mol. The highest BCUT2D eigenvalue weighted by molar-refractivity contribution is 6.25. The van der Waals surface area contributed by atoms with Gasteiger partial charge in [0.25, 0.3) is 0 Å². The lowest BCUT2D eigenvalue weighted by Gasteiger charge is -2.16. The van der Waals surface area contributed by atoms with E-state index in [4.69, 9.17) is 0 Å². The molecule has 1 aromatic rings. The maximum absolute atomic E-state index is 12.2. The van der Waals surface area contributed by atoms with E-state index in [1.165, 1.54) is 21.9 Å². The lowest BCUT2D eigenvalue weighted by Crippen LogP contribution is -2.36. The molecule has 0 fully saturated rings. The number of Topliss-reactive ketones (excluding diaryl/α,β-unsaturated/α-hetero) is 1. The van der Waals surface area contributed by atoms with E-state index < -0.39 is 0 Å². The SMILES string of the molecule is O=C1C=c2c3c(ccc2=C2CC=CC=C12)C=CC3. The molecule has 1 nitrogen and oxygen atoms in total. The molecule has 0 radical (unpaired) electrons. The normalized spacial score (nSPS) is 19.0. The Morgan fingerprint density at radius 3 is 2.94 bits per heavy atom. The van der Waals surface area contributed by atoms with E-state index in [9.17, 15) is 4.79 Å². The third-order valence-corrected chi connectivity index (χ3v) is 3.92. The summed E-state index contributed by atoms with van der Waals surface area (Å²) in [6.07, 6.45) is 14.0. The van der Waals surface area contributed by atoms with Crippen molar-refractivity contribution in [2.45, 2.75) is 12.8 Å². The molecule has 0 saturated carbocycles. The average Bonchev–Trinajstić information content (AvgIpc) is 2.88. The number of ketones is 1. The Balaban J connectivity index is 2.17. The van der Waals surface area contributed by atoms with Crippen molar-refractivity contribution in [2.24, 2.45) is 0 Å². The molecule has 18 heavy (non-hydrogen) atoms. The lowest BCUT2D eigenvalue weighted by atomic mass is 9.86. The first-order valence-electron chi connectivity index (χ1n) is 6.29. The van der Waals surface area contributed by atoms with Gasteiger partial charge in [0.1, 0.15) is 0 Å². The van der Waals surface area contributed by atoms with Crippen LogP contribution in [0.4, 0.5) is 0 Å². The van der Waals surface area contributed by atoms with Crippen LogP contribution in [0.15, 0.2) is 42.0 Å². The zero-order valence-electron chi connectivity index (χ0n) is 9.94. The van der Waals surface area contributed by atoms with Crippen LogP contribution in [-0.2, 0) is 11.2 Å². The molecule has 0 saturated heterocycles. The highest BCUT2D eigenvalue weighted by atomic mass is 16.1. The molecule has 1 heteroatoms. The summed E-state index contributed by atoms with van der Waals surface area (Å²) in [4.78, 5) is 12.2. The van der Waals surface area contributed by atoms with E-state index in [1.54, 1.807) is 0 Å². The van der Waals surface area contributed by atoms with Crippen molar-refractivity contribution in [2.75, 3.05) is 0 Å². The molecule has 3 aliphatic carbocycles. The van der Waals surface area contributed by atoms with Crippen LogP contribution >= 0.6 is 0 Å². The van der Waals surface area contributed by atoms with Gasteiger partial charge in [-0.2, -0.15) is 0 Å². The van der Waals surface area contributed by atoms with Crippen LogP contribution in [0.1, 0.15) is 17.5 Å². The van der Waals surface area contributed by atoms with Gasteiger partial charge in [-0.1, -0.05) is 42.5 Å². The molecule has 1 aromatic carbocycles. The monoisotopic (exact) mass is 232 g/mol. The Labute approximate surface area is 105 Å². The zero-order chi connectivity index (χ0) is 12.1. The average molecular weight is 232 g/mol. The molecule has 0 bridgehead atoms. The summed E-state index contributed by atoms with van der Waals surface area (Å²) in [6.45, 7) is 0. The molecule has 0 unspecified atom stereocenters. The van der Waals surface area contributed by atoms with Crippen molar-refractivity contribution in [1.82, 2.24) is 0 Å². The van der Waals surface area contributed by atoms with Crippen LogP contribution in [0.3, 0.4) is 0 Å². The summed E-state index contributed by atoms with van der Waals surface area (Å²) in [6, 6.07) is 4.33. The molecule has 86 valence electrons. The second-order valence-corrected chi connectivity index (χ2v) is 4.90. The molecule has 0 aromatic heterocycles. The predicted octanol–water partition coefficient (Wildman–Crippen LogP) is 1.66. The summed E-state index contributed by atoms with van der Waals surface area (Å²) in [5.41, 5.74) is 4.63. The highest BCUT2D eigenvalue weighted by Crippen LogP contribution is 2.23. The zero-order valence-corrected chi connectivity index (χ0v) is 9.94. The molecule has 0 atom stereocenters. The third kappa shape index (κ3) is 1.19. The van der Waals surface area contributed by atoms with Gasteiger partial charge in [0.05, 0.1) is 0 Å². The molecule has 0 spiro atoms. The largest absolute Gasteiger partial charge is 0.289 e. The van der Waals surface area contributed by atoms with Gasteiger partial charge >= 0.3 is 0 Å². The number of allylic oxidation sites excluding steroid dienone is 5. The van der Waals surface area contributed by atoms with Gasteiger partial charge in [-0.05, 0) is 46.1 Å². The Kier molecular flexibility index (Phi) is 1.87. The maximum atomic E-state index is 12.2. The second kappa shape index (κ2) is 3.42. The number of hydrogen-bond donors (Lipinski definition) is 0. The van der Waals surface area contributed by atoms with E-state index in [0.717, 1.165) is 23.6 Å². The number of fused-ring (bicyclic) bond motifs is 4. The fourth-order valence-electron chi connectivity index (χ4n) is 3.05. The van der Waals surface area contributed by atoms with Crippen LogP contribution in [0, 0.1) is 0 Å². The highest BCUT2D eigenvalue weighted by Gasteiger charge is 2.20. The quantitative estimate of drug-likeness (QED) is 0.665. The van der Waals surface area contributed by atoms with Gasteiger partial charge in [-0.25, -0.2) is 0 Å². The maximum Gasteiger partial charge on any atom is 0.186 e. The first-order chi connectivity index (χ1) is 8.84. The van der Waals surface area contributed by atoms with Crippen molar-refractivity contribution in [3.8, 4) is 0 Å². The summed E-state index contributed by atoms with van der Waals surface area (Å²) in [5.74, 6) is 0.155. The number of rotatable bonds is 0. The van der Waals surface area contributed by atoms with Gasteiger partial charge < -0.3 is 0 Å². The van der Waals surface area contributed by atoms with Gasteiger partial charge in [0.2, 0.25) is 0 Å². The Bertz CT molecular complexity index is 786. The van der Waals surface area contributed by atoms with Crippen molar-refractivity contribution < 1.29 is 4.79 Å². The topological polar surface area (TPSA) is 17.1 Å². The number of carbonyl (C=O) groups excluding carboxylic acids is 1. The minimum atomic E-state index is 0.155. The summed E-state index contributed by atoms with van der Waals surface area (Å²) >= 11 is 0. The van der Waals surface area contributed by atoms with Crippen molar-refractivity contribution in [1.29, 1.82) is 0 Å². The Morgan fingerprint density at radius 2 is 2.00 bits per heavy atom. The summed E-state index contributed by atoms with van der Waals surface area (Å²) in [5, 5.41) is 2.39. The van der Waals surface area contributed by atoms with Crippen molar-refractivity contribution in [3.63, 3.8) is 0 Å². The summed E-state index contributed by atoms with van der Waals surface area (Å²) < 4.78 is 0. The molecular formula is C17H12O. The van der Waals surface area contributed by atoms with Crippen LogP contribution < -0.4 is 10.4 Å². The standard InChI is InChI=1S/C17H12O/c18-17-10-16-12-7-3-4-11(12)8-9-14(16)13-5-1-2-6-15(13)17/h1-4,6,8-10H,5,7H2. The number of hydrogen-bond acceptors (Lipinski definition) is 1. The van der Waals surface area contributed by atoms with Crippen molar-refractivity contribution >= 4 is 23.5 Å². The Hall–Kier alpha value is -2.15. The van der Waals surface area contributed by atoms with Crippen LogP contribution in [0.5, 0.6) is 0 Å². The molecule has 0 aliphatic heterocycles. The minimum absolute atomic E-state index is 0.155. The molecule has 0 amide bonds. The van der Waals surface area contributed by atoms with Gasteiger partial charge in [-0.3, -0.25) is 4.79 Å². The molecule has 4 rings (SSSR count). The molecule has 0 heterocycles. The van der Waals surface area contributed by atoms with Gasteiger partial charge in [0.15, 0.2) is 5.78 Å². The van der Waals surface area contributed by atoms with E-state index in [1.807, 2.05) is 18.2 Å². The first-order valence-corrected chi connectivity index (χ1v) is 6.29. The van der Waals surface area contributed by atoms with E-state index in [-0.39, 0.29) is 5.78 Å². The minimum Gasteiger partial charge on any atom is -0.289 e. The number of carbonyl (C=O) groups is 1. The fourth-order valence-corrected chi connectivity index (χ4v) is 3.05. The van der Waals surface area contributed by atoms with Crippen molar-refractivity contribution in [3.05, 3.63) is 63.6 Å². The number of benzene rings is 1. The molecule has 0 N–H and O–H groups in total. The van der Waals surface area contributed by atoms with Gasteiger partial charge in [0, 0.05) is 5.57 Å². The lowest BCUT2D eigenvalue weighted by molar-refractivity contribution is -0.109. The first kappa shape index (κ1) is 9.84. The third-order valence-electron chi connectivity index (χ3n) is 3.92. The molecule has 3 aliphatic rings.